The number of carboxylic acids is 1. The SMILES string of the molecule is Cc1noc(-c2ccc(-c3ccc(C4(C(=O)O)CC4)cc3)cc2)c1Cc1cccc(-c2cc(F)ccc2Cl)n1. The van der Waals surface area contributed by atoms with E-state index in [0.717, 1.165) is 39.2 Å². The molecule has 1 saturated carbocycles. The number of aromatic nitrogens is 2. The normalized spacial score (nSPS) is 13.8. The van der Waals surface area contributed by atoms with E-state index >= 15 is 0 Å². The highest BCUT2D eigenvalue weighted by atomic mass is 35.5. The number of hydrogen-bond donors (Lipinski definition) is 1. The second kappa shape index (κ2) is 9.79. The van der Waals surface area contributed by atoms with Gasteiger partial charge in [0.05, 0.1) is 21.8 Å². The summed E-state index contributed by atoms with van der Waals surface area (Å²) in [5.74, 6) is -0.454. The average molecular weight is 539 g/mol. The first-order chi connectivity index (χ1) is 18.8. The van der Waals surface area contributed by atoms with E-state index in [1.807, 2.05) is 73.7 Å². The van der Waals surface area contributed by atoms with Gasteiger partial charge in [-0.1, -0.05) is 71.4 Å². The Labute approximate surface area is 229 Å². The van der Waals surface area contributed by atoms with Crippen molar-refractivity contribution in [1.82, 2.24) is 10.1 Å². The molecule has 0 unspecified atom stereocenters. The number of carboxylic acid groups (broad SMARTS) is 1. The number of aryl methyl sites for hydroxylation is 1. The summed E-state index contributed by atoms with van der Waals surface area (Å²) in [6, 6.07) is 25.6. The largest absolute Gasteiger partial charge is 0.481 e. The fourth-order valence-electron chi connectivity index (χ4n) is 4.97. The lowest BCUT2D eigenvalue weighted by molar-refractivity contribution is -0.140. The Balaban J connectivity index is 1.25. The molecule has 0 saturated heterocycles. The van der Waals surface area contributed by atoms with Crippen LogP contribution in [0.4, 0.5) is 4.39 Å². The molecule has 194 valence electrons. The first kappa shape index (κ1) is 25.0. The van der Waals surface area contributed by atoms with Crippen LogP contribution in [0.5, 0.6) is 0 Å². The third kappa shape index (κ3) is 4.72. The maximum Gasteiger partial charge on any atom is 0.314 e. The molecule has 3 aromatic carbocycles. The number of carbonyl (C=O) groups is 1. The number of pyridine rings is 1. The number of hydrogen-bond acceptors (Lipinski definition) is 4. The fraction of sp³-hybridized carbons (Fsp3) is 0.156. The summed E-state index contributed by atoms with van der Waals surface area (Å²) < 4.78 is 19.6. The van der Waals surface area contributed by atoms with E-state index < -0.39 is 11.4 Å². The van der Waals surface area contributed by atoms with Crippen molar-refractivity contribution in [3.8, 4) is 33.7 Å². The van der Waals surface area contributed by atoms with E-state index in [1.54, 1.807) is 0 Å². The molecule has 0 aliphatic heterocycles. The van der Waals surface area contributed by atoms with Crippen LogP contribution >= 0.6 is 11.6 Å². The molecular weight excluding hydrogens is 515 g/mol. The van der Waals surface area contributed by atoms with Crippen LogP contribution in [0.15, 0.2) is 89.5 Å². The van der Waals surface area contributed by atoms with Crippen LogP contribution in [0.25, 0.3) is 33.7 Å². The third-order valence-corrected chi connectivity index (χ3v) is 7.76. The van der Waals surface area contributed by atoms with Gasteiger partial charge in [-0.15, -0.1) is 0 Å². The second-order valence-electron chi connectivity index (χ2n) is 9.93. The van der Waals surface area contributed by atoms with Crippen LogP contribution in [0.2, 0.25) is 5.02 Å². The van der Waals surface area contributed by atoms with Crippen LogP contribution in [0, 0.1) is 12.7 Å². The van der Waals surface area contributed by atoms with Crippen LogP contribution in [-0.2, 0) is 16.6 Å². The number of rotatable bonds is 7. The minimum atomic E-state index is -0.752. The Morgan fingerprint density at radius 3 is 2.31 bits per heavy atom. The number of benzene rings is 3. The van der Waals surface area contributed by atoms with Gasteiger partial charge in [-0.3, -0.25) is 9.78 Å². The highest BCUT2D eigenvalue weighted by Crippen LogP contribution is 2.48. The van der Waals surface area contributed by atoms with Gasteiger partial charge in [0, 0.05) is 28.8 Å². The molecule has 0 bridgehead atoms. The molecule has 1 aliphatic rings. The Hall–Kier alpha value is -4.29. The highest BCUT2D eigenvalue weighted by Gasteiger charge is 2.51. The molecule has 0 atom stereocenters. The van der Waals surface area contributed by atoms with Crippen molar-refractivity contribution in [1.29, 1.82) is 0 Å². The molecule has 7 heteroatoms. The fourth-order valence-corrected chi connectivity index (χ4v) is 5.19. The quantitative estimate of drug-likeness (QED) is 0.228. The number of halogens is 2. The summed E-state index contributed by atoms with van der Waals surface area (Å²) >= 11 is 6.30. The maximum absolute atomic E-state index is 13.8. The van der Waals surface area contributed by atoms with Crippen molar-refractivity contribution in [3.05, 3.63) is 118 Å². The first-order valence-corrected chi connectivity index (χ1v) is 13.0. The Kier molecular flexibility index (Phi) is 6.28. The Bertz CT molecular complexity index is 1690. The lowest BCUT2D eigenvalue weighted by Crippen LogP contribution is -2.19. The van der Waals surface area contributed by atoms with Gasteiger partial charge < -0.3 is 9.63 Å². The maximum atomic E-state index is 13.8. The van der Waals surface area contributed by atoms with E-state index in [0.29, 0.717) is 41.3 Å². The van der Waals surface area contributed by atoms with E-state index in [-0.39, 0.29) is 5.82 Å². The van der Waals surface area contributed by atoms with Gasteiger partial charge in [0.1, 0.15) is 5.82 Å². The molecule has 2 aromatic heterocycles. The van der Waals surface area contributed by atoms with Gasteiger partial charge in [-0.25, -0.2) is 4.39 Å². The standard InChI is InChI=1S/C32H24ClFN2O3/c1-19-26(18-25-3-2-4-29(35-25)27-17-24(34)13-14-28(27)33)30(39-36-19)22-7-5-20(6-8-22)21-9-11-23(12-10-21)32(15-16-32)31(37)38/h2-14,17H,15-16,18H2,1H3,(H,37,38). The van der Waals surface area contributed by atoms with Gasteiger partial charge in [0.2, 0.25) is 0 Å². The van der Waals surface area contributed by atoms with Crippen LogP contribution < -0.4 is 0 Å². The van der Waals surface area contributed by atoms with Crippen molar-refractivity contribution in [3.63, 3.8) is 0 Å². The zero-order valence-corrected chi connectivity index (χ0v) is 21.9. The predicted molar refractivity (Wildman–Crippen MR) is 148 cm³/mol. The molecular formula is C32H24ClFN2O3. The van der Waals surface area contributed by atoms with E-state index in [1.165, 1.54) is 18.2 Å². The molecule has 1 aliphatic carbocycles. The van der Waals surface area contributed by atoms with Crippen LogP contribution in [-0.4, -0.2) is 21.2 Å². The average Bonchev–Trinajstić information content (AvgIpc) is 3.70. The minimum Gasteiger partial charge on any atom is -0.481 e. The van der Waals surface area contributed by atoms with E-state index in [4.69, 9.17) is 21.1 Å². The van der Waals surface area contributed by atoms with Gasteiger partial charge in [0.15, 0.2) is 5.76 Å². The molecule has 5 aromatic rings. The number of aliphatic carboxylic acids is 1. The summed E-state index contributed by atoms with van der Waals surface area (Å²) in [5.41, 5.74) is 6.68. The molecule has 1 fully saturated rings. The highest BCUT2D eigenvalue weighted by molar-refractivity contribution is 6.33. The molecule has 39 heavy (non-hydrogen) atoms. The smallest absolute Gasteiger partial charge is 0.314 e. The van der Waals surface area contributed by atoms with Crippen molar-refractivity contribution in [2.24, 2.45) is 0 Å². The summed E-state index contributed by atoms with van der Waals surface area (Å²) in [7, 11) is 0. The monoisotopic (exact) mass is 538 g/mol. The van der Waals surface area contributed by atoms with E-state index in [9.17, 15) is 14.3 Å². The molecule has 5 nitrogen and oxygen atoms in total. The van der Waals surface area contributed by atoms with Crippen molar-refractivity contribution in [2.45, 2.75) is 31.6 Å². The van der Waals surface area contributed by atoms with E-state index in [2.05, 4.69) is 5.16 Å². The summed E-state index contributed by atoms with van der Waals surface area (Å²) in [5, 5.41) is 14.2. The lowest BCUT2D eigenvalue weighted by atomic mass is 9.93. The Morgan fingerprint density at radius 1 is 0.974 bits per heavy atom. The van der Waals surface area contributed by atoms with Gasteiger partial charge in [-0.05, 0) is 66.8 Å². The van der Waals surface area contributed by atoms with Crippen LogP contribution in [0.3, 0.4) is 0 Å². The summed E-state index contributed by atoms with van der Waals surface area (Å²) in [6.45, 7) is 1.90. The third-order valence-electron chi connectivity index (χ3n) is 7.43. The topological polar surface area (TPSA) is 76.2 Å². The summed E-state index contributed by atoms with van der Waals surface area (Å²) in [4.78, 5) is 16.4. The predicted octanol–water partition coefficient (Wildman–Crippen LogP) is 7.88. The molecule has 1 N–H and O–H groups in total. The van der Waals surface area contributed by atoms with Crippen LogP contribution in [0.1, 0.15) is 35.4 Å². The van der Waals surface area contributed by atoms with Crippen molar-refractivity contribution >= 4 is 17.6 Å². The zero-order valence-electron chi connectivity index (χ0n) is 21.1. The van der Waals surface area contributed by atoms with Gasteiger partial charge >= 0.3 is 5.97 Å². The molecule has 0 radical (unpaired) electrons. The Morgan fingerprint density at radius 2 is 1.64 bits per heavy atom. The van der Waals surface area contributed by atoms with Gasteiger partial charge in [-0.2, -0.15) is 0 Å². The molecule has 6 rings (SSSR count). The molecule has 2 heterocycles. The van der Waals surface area contributed by atoms with Crippen molar-refractivity contribution in [2.75, 3.05) is 0 Å². The number of nitrogens with zero attached hydrogens (tertiary/aromatic N) is 2. The second-order valence-corrected chi connectivity index (χ2v) is 10.3. The molecule has 0 amide bonds. The van der Waals surface area contributed by atoms with Gasteiger partial charge in [0.25, 0.3) is 0 Å². The minimum absolute atomic E-state index is 0.370. The lowest BCUT2D eigenvalue weighted by Gasteiger charge is -2.11. The first-order valence-electron chi connectivity index (χ1n) is 12.7. The van der Waals surface area contributed by atoms with Crippen molar-refractivity contribution < 1.29 is 18.8 Å². The molecule has 0 spiro atoms. The summed E-state index contributed by atoms with van der Waals surface area (Å²) in [6.07, 6.45) is 1.86. The zero-order chi connectivity index (χ0) is 27.1.